The van der Waals surface area contributed by atoms with Gasteiger partial charge in [-0.15, -0.1) is 0 Å². The Bertz CT molecular complexity index is 676. The zero-order valence-corrected chi connectivity index (χ0v) is 14.3. The van der Waals surface area contributed by atoms with Gasteiger partial charge in [0.15, 0.2) is 11.5 Å². The van der Waals surface area contributed by atoms with Gasteiger partial charge in [0.05, 0.1) is 4.47 Å². The van der Waals surface area contributed by atoms with Gasteiger partial charge in [-0.25, -0.2) is 0 Å². The molecular weight excluding hydrogens is 364 g/mol. The molecule has 0 unspecified atom stereocenters. The summed E-state index contributed by atoms with van der Waals surface area (Å²) < 4.78 is 11.4. The molecule has 7 heteroatoms. The van der Waals surface area contributed by atoms with Crippen molar-refractivity contribution in [3.05, 3.63) is 34.8 Å². The molecule has 1 aromatic carbocycles. The largest absolute Gasteiger partial charge is 0.454 e. The number of ether oxygens (including phenoxy) is 2. The Morgan fingerprint density at radius 1 is 1.35 bits per heavy atom. The molecule has 1 saturated heterocycles. The Kier molecular flexibility index (Phi) is 4.30. The SMILES string of the molecule is C=CC(=O)N1CCN(C(=O)c2cc(Br)c3c(c2)OCO3)[C@@H](C)C1. The molecule has 3 rings (SSSR count). The number of carbonyl (C=O) groups is 2. The normalized spacial score (nSPS) is 19.7. The van der Waals surface area contributed by atoms with Crippen LogP contribution in [0.5, 0.6) is 11.5 Å². The average molecular weight is 381 g/mol. The maximum Gasteiger partial charge on any atom is 0.254 e. The second-order valence-corrected chi connectivity index (χ2v) is 6.38. The smallest absolute Gasteiger partial charge is 0.254 e. The molecule has 1 fully saturated rings. The molecule has 2 aliphatic heterocycles. The van der Waals surface area contributed by atoms with Crippen molar-refractivity contribution in [2.75, 3.05) is 26.4 Å². The van der Waals surface area contributed by atoms with Crippen molar-refractivity contribution in [1.29, 1.82) is 0 Å². The van der Waals surface area contributed by atoms with Crippen LogP contribution in [0.1, 0.15) is 17.3 Å². The van der Waals surface area contributed by atoms with E-state index >= 15 is 0 Å². The first-order valence-corrected chi connectivity index (χ1v) is 8.12. The van der Waals surface area contributed by atoms with Crippen LogP contribution in [0.25, 0.3) is 0 Å². The maximum atomic E-state index is 12.8. The summed E-state index contributed by atoms with van der Waals surface area (Å²) in [5.74, 6) is 1.00. The minimum Gasteiger partial charge on any atom is -0.454 e. The highest BCUT2D eigenvalue weighted by atomic mass is 79.9. The summed E-state index contributed by atoms with van der Waals surface area (Å²) in [6, 6.07) is 3.37. The predicted octanol–water partition coefficient (Wildman–Crippen LogP) is 2.04. The highest BCUT2D eigenvalue weighted by molar-refractivity contribution is 9.10. The van der Waals surface area contributed by atoms with E-state index in [4.69, 9.17) is 9.47 Å². The van der Waals surface area contributed by atoms with Crippen LogP contribution in [-0.2, 0) is 4.79 Å². The number of carbonyl (C=O) groups excluding carboxylic acids is 2. The van der Waals surface area contributed by atoms with E-state index in [1.807, 2.05) is 6.92 Å². The predicted molar refractivity (Wildman–Crippen MR) is 87.5 cm³/mol. The van der Waals surface area contributed by atoms with Gasteiger partial charge in [-0.1, -0.05) is 6.58 Å². The van der Waals surface area contributed by atoms with Crippen LogP contribution in [0.2, 0.25) is 0 Å². The summed E-state index contributed by atoms with van der Waals surface area (Å²) in [5, 5.41) is 0. The Hall–Kier alpha value is -2.02. The average Bonchev–Trinajstić information content (AvgIpc) is 3.02. The number of hydrogen-bond donors (Lipinski definition) is 0. The van der Waals surface area contributed by atoms with Crippen LogP contribution in [0.4, 0.5) is 0 Å². The quantitative estimate of drug-likeness (QED) is 0.736. The van der Waals surface area contributed by atoms with Crippen molar-refractivity contribution in [2.45, 2.75) is 13.0 Å². The number of hydrogen-bond acceptors (Lipinski definition) is 4. The standard InChI is InChI=1S/C16H17BrN2O4/c1-3-14(20)18-4-5-19(10(2)8-18)16(21)11-6-12(17)15-13(7-11)22-9-23-15/h3,6-7,10H,1,4-5,8-9H2,2H3/t10-/m0/s1. The summed E-state index contributed by atoms with van der Waals surface area (Å²) in [7, 11) is 0. The van der Waals surface area contributed by atoms with E-state index in [1.54, 1.807) is 21.9 Å². The van der Waals surface area contributed by atoms with Gasteiger partial charge in [0.25, 0.3) is 5.91 Å². The fourth-order valence-corrected chi connectivity index (χ4v) is 3.40. The number of amides is 2. The zero-order valence-electron chi connectivity index (χ0n) is 12.8. The van der Waals surface area contributed by atoms with Crippen molar-refractivity contribution < 1.29 is 19.1 Å². The lowest BCUT2D eigenvalue weighted by Crippen LogP contribution is -2.55. The van der Waals surface area contributed by atoms with E-state index in [-0.39, 0.29) is 24.6 Å². The fraction of sp³-hybridized carbons (Fsp3) is 0.375. The molecule has 2 heterocycles. The summed E-state index contributed by atoms with van der Waals surface area (Å²) in [6.45, 7) is 7.09. The van der Waals surface area contributed by atoms with Crippen LogP contribution in [-0.4, -0.2) is 54.1 Å². The van der Waals surface area contributed by atoms with Gasteiger partial charge in [-0.05, 0) is 41.1 Å². The number of piperazine rings is 1. The Labute approximate surface area is 142 Å². The highest BCUT2D eigenvalue weighted by Crippen LogP contribution is 2.40. The summed E-state index contributed by atoms with van der Waals surface area (Å²) in [4.78, 5) is 28.0. The van der Waals surface area contributed by atoms with Crippen molar-refractivity contribution >= 4 is 27.7 Å². The molecule has 2 aliphatic rings. The lowest BCUT2D eigenvalue weighted by Gasteiger charge is -2.39. The van der Waals surface area contributed by atoms with Crippen molar-refractivity contribution in [1.82, 2.24) is 9.80 Å². The summed E-state index contributed by atoms with van der Waals surface area (Å²) in [6.07, 6.45) is 1.30. The molecule has 0 spiro atoms. The molecule has 0 N–H and O–H groups in total. The van der Waals surface area contributed by atoms with E-state index in [0.717, 1.165) is 0 Å². The fourth-order valence-electron chi connectivity index (χ4n) is 2.85. The van der Waals surface area contributed by atoms with Gasteiger partial charge in [-0.3, -0.25) is 9.59 Å². The molecule has 0 saturated carbocycles. The topological polar surface area (TPSA) is 59.1 Å². The lowest BCUT2D eigenvalue weighted by atomic mass is 10.1. The number of nitrogens with zero attached hydrogens (tertiary/aromatic N) is 2. The van der Waals surface area contributed by atoms with Gasteiger partial charge in [0, 0.05) is 31.2 Å². The molecule has 0 radical (unpaired) electrons. The number of fused-ring (bicyclic) bond motifs is 1. The molecule has 2 amide bonds. The van der Waals surface area contributed by atoms with Gasteiger partial charge < -0.3 is 19.3 Å². The van der Waals surface area contributed by atoms with Crippen molar-refractivity contribution in [3.8, 4) is 11.5 Å². The minimum absolute atomic E-state index is 0.0654. The van der Waals surface area contributed by atoms with E-state index < -0.39 is 0 Å². The Morgan fingerprint density at radius 3 is 2.83 bits per heavy atom. The van der Waals surface area contributed by atoms with E-state index in [2.05, 4.69) is 22.5 Å². The summed E-state index contributed by atoms with van der Waals surface area (Å²) >= 11 is 3.40. The Morgan fingerprint density at radius 2 is 2.13 bits per heavy atom. The van der Waals surface area contributed by atoms with Crippen LogP contribution < -0.4 is 9.47 Å². The van der Waals surface area contributed by atoms with Gasteiger partial charge in [0.2, 0.25) is 12.7 Å². The summed E-state index contributed by atoms with van der Waals surface area (Å²) in [5.41, 5.74) is 0.538. The van der Waals surface area contributed by atoms with E-state index in [1.165, 1.54) is 6.08 Å². The Balaban J connectivity index is 1.78. The third-order valence-electron chi connectivity index (χ3n) is 4.05. The molecule has 1 aromatic rings. The van der Waals surface area contributed by atoms with Crippen LogP contribution in [0, 0.1) is 0 Å². The maximum absolute atomic E-state index is 12.8. The van der Waals surface area contributed by atoms with Crippen molar-refractivity contribution in [2.24, 2.45) is 0 Å². The third-order valence-corrected chi connectivity index (χ3v) is 4.64. The number of halogens is 1. The second-order valence-electron chi connectivity index (χ2n) is 5.53. The van der Waals surface area contributed by atoms with E-state index in [9.17, 15) is 9.59 Å². The molecule has 23 heavy (non-hydrogen) atoms. The molecular formula is C16H17BrN2O4. The first kappa shape index (κ1) is 15.9. The second kappa shape index (κ2) is 6.23. The van der Waals surface area contributed by atoms with E-state index in [0.29, 0.717) is 41.2 Å². The van der Waals surface area contributed by atoms with Gasteiger partial charge in [0.1, 0.15) is 0 Å². The highest BCUT2D eigenvalue weighted by Gasteiger charge is 2.30. The van der Waals surface area contributed by atoms with Crippen LogP contribution in [0.3, 0.4) is 0 Å². The monoisotopic (exact) mass is 380 g/mol. The van der Waals surface area contributed by atoms with Gasteiger partial charge in [-0.2, -0.15) is 0 Å². The first-order valence-electron chi connectivity index (χ1n) is 7.32. The molecule has 122 valence electrons. The molecule has 0 bridgehead atoms. The lowest BCUT2D eigenvalue weighted by molar-refractivity contribution is -0.128. The number of benzene rings is 1. The molecule has 0 aromatic heterocycles. The molecule has 1 atom stereocenters. The molecule has 0 aliphatic carbocycles. The van der Waals surface area contributed by atoms with Crippen molar-refractivity contribution in [3.63, 3.8) is 0 Å². The van der Waals surface area contributed by atoms with Crippen LogP contribution in [0.15, 0.2) is 29.3 Å². The number of rotatable bonds is 2. The van der Waals surface area contributed by atoms with Crippen LogP contribution >= 0.6 is 15.9 Å². The van der Waals surface area contributed by atoms with Gasteiger partial charge >= 0.3 is 0 Å². The molecule has 6 nitrogen and oxygen atoms in total. The first-order chi connectivity index (χ1) is 11.0. The third kappa shape index (κ3) is 2.93. The minimum atomic E-state index is -0.102. The zero-order chi connectivity index (χ0) is 16.6.